The number of hydrogen-bond acceptors (Lipinski definition) is 7. The molecule has 14 heteroatoms. The first kappa shape index (κ1) is 28.9. The molecule has 2 aromatic rings. The number of fused-ring (bicyclic) bond motifs is 1. The van der Waals surface area contributed by atoms with Crippen LogP contribution in [0.1, 0.15) is 42.6 Å². The molecule has 0 radical (unpaired) electrons. The fourth-order valence-electron chi connectivity index (χ4n) is 4.65. The average Bonchev–Trinajstić information content (AvgIpc) is 3.64. The van der Waals surface area contributed by atoms with Crippen molar-refractivity contribution in [1.29, 1.82) is 0 Å². The number of alkyl halides is 3. The number of ether oxygens (including phenoxy) is 2. The van der Waals surface area contributed by atoms with Crippen LogP contribution >= 0.6 is 0 Å². The SMILES string of the molecule is COc1cccc2[nH]c(C(=O)NCC(=O)N[C@@H](C[C@@H]3CCCNC3=O)C(=O)COC(=O)C3(C(F)(F)F)CC3)cc12. The molecule has 1 saturated heterocycles. The molecular formula is C26H29F3N4O7. The molecule has 11 nitrogen and oxygen atoms in total. The number of halogens is 3. The van der Waals surface area contributed by atoms with Crippen LogP contribution in [0.25, 0.3) is 10.9 Å². The van der Waals surface area contributed by atoms with Crippen LogP contribution in [-0.2, 0) is 23.9 Å². The van der Waals surface area contributed by atoms with E-state index in [9.17, 15) is 37.1 Å². The van der Waals surface area contributed by atoms with Gasteiger partial charge in [-0.3, -0.25) is 24.0 Å². The largest absolute Gasteiger partial charge is 0.496 e. The number of carbonyl (C=O) groups is 5. The molecule has 4 rings (SSSR count). The Morgan fingerprint density at radius 2 is 1.95 bits per heavy atom. The van der Waals surface area contributed by atoms with Crippen molar-refractivity contribution in [2.45, 2.75) is 44.3 Å². The van der Waals surface area contributed by atoms with Crippen LogP contribution in [-0.4, -0.2) is 73.5 Å². The third-order valence-electron chi connectivity index (χ3n) is 7.17. The Morgan fingerprint density at radius 3 is 2.60 bits per heavy atom. The van der Waals surface area contributed by atoms with Gasteiger partial charge in [-0.15, -0.1) is 0 Å². The Morgan fingerprint density at radius 1 is 1.20 bits per heavy atom. The molecule has 1 aliphatic heterocycles. The van der Waals surface area contributed by atoms with Gasteiger partial charge in [0, 0.05) is 23.4 Å². The Kier molecular flexibility index (Phi) is 8.35. The summed E-state index contributed by atoms with van der Waals surface area (Å²) in [7, 11) is 1.49. The second-order valence-electron chi connectivity index (χ2n) is 9.90. The van der Waals surface area contributed by atoms with Gasteiger partial charge in [-0.25, -0.2) is 0 Å². The van der Waals surface area contributed by atoms with E-state index in [0.717, 1.165) is 0 Å². The fourth-order valence-corrected chi connectivity index (χ4v) is 4.65. The highest BCUT2D eigenvalue weighted by Crippen LogP contribution is 2.58. The molecule has 4 N–H and O–H groups in total. The van der Waals surface area contributed by atoms with Crippen molar-refractivity contribution in [3.05, 3.63) is 30.0 Å². The number of H-pyrrole nitrogens is 1. The zero-order valence-electron chi connectivity index (χ0n) is 21.6. The number of rotatable bonds is 11. The highest BCUT2D eigenvalue weighted by molar-refractivity contribution is 6.01. The molecule has 0 unspecified atom stereocenters. The Bertz CT molecular complexity index is 1320. The van der Waals surface area contributed by atoms with Gasteiger partial charge in [0.25, 0.3) is 5.91 Å². The van der Waals surface area contributed by atoms with E-state index in [-0.39, 0.29) is 18.0 Å². The van der Waals surface area contributed by atoms with Gasteiger partial charge in [0.15, 0.2) is 17.8 Å². The normalized spacial score (nSPS) is 18.8. The molecule has 0 spiro atoms. The van der Waals surface area contributed by atoms with Crippen molar-refractivity contribution in [3.63, 3.8) is 0 Å². The van der Waals surface area contributed by atoms with E-state index in [1.165, 1.54) is 7.11 Å². The molecule has 2 aliphatic rings. The maximum atomic E-state index is 13.2. The summed E-state index contributed by atoms with van der Waals surface area (Å²) in [5.74, 6) is -4.23. The lowest BCUT2D eigenvalue weighted by molar-refractivity contribution is -0.207. The van der Waals surface area contributed by atoms with E-state index in [1.54, 1.807) is 24.3 Å². The number of amides is 3. The van der Waals surface area contributed by atoms with E-state index in [2.05, 4.69) is 20.9 Å². The summed E-state index contributed by atoms with van der Waals surface area (Å²) in [4.78, 5) is 65.4. The van der Waals surface area contributed by atoms with E-state index in [0.29, 0.717) is 36.0 Å². The van der Waals surface area contributed by atoms with Gasteiger partial charge in [-0.1, -0.05) is 6.07 Å². The topological polar surface area (TPSA) is 156 Å². The molecule has 2 atom stereocenters. The van der Waals surface area contributed by atoms with E-state index in [4.69, 9.17) is 9.47 Å². The molecule has 1 aromatic carbocycles. The van der Waals surface area contributed by atoms with Crippen LogP contribution in [0.2, 0.25) is 0 Å². The van der Waals surface area contributed by atoms with Gasteiger partial charge in [0.05, 0.1) is 19.7 Å². The summed E-state index contributed by atoms with van der Waals surface area (Å²) in [5, 5.41) is 8.16. The van der Waals surface area contributed by atoms with Crippen LogP contribution < -0.4 is 20.7 Å². The zero-order valence-corrected chi connectivity index (χ0v) is 21.6. The highest BCUT2D eigenvalue weighted by atomic mass is 19.4. The van der Waals surface area contributed by atoms with Crippen LogP contribution in [0.15, 0.2) is 24.3 Å². The van der Waals surface area contributed by atoms with E-state index < -0.39 is 73.1 Å². The highest BCUT2D eigenvalue weighted by Gasteiger charge is 2.69. The van der Waals surface area contributed by atoms with Crippen molar-refractivity contribution in [1.82, 2.24) is 20.9 Å². The smallest absolute Gasteiger partial charge is 0.404 e. The van der Waals surface area contributed by atoms with Crippen LogP contribution in [0.5, 0.6) is 5.75 Å². The van der Waals surface area contributed by atoms with Gasteiger partial charge >= 0.3 is 12.1 Å². The maximum absolute atomic E-state index is 13.2. The second kappa shape index (κ2) is 11.6. The second-order valence-corrected chi connectivity index (χ2v) is 9.90. The minimum absolute atomic E-state index is 0.145. The third-order valence-corrected chi connectivity index (χ3v) is 7.17. The van der Waals surface area contributed by atoms with E-state index >= 15 is 0 Å². The third kappa shape index (κ3) is 6.20. The van der Waals surface area contributed by atoms with Crippen molar-refractivity contribution in [2.75, 3.05) is 26.8 Å². The van der Waals surface area contributed by atoms with Gasteiger partial charge < -0.3 is 30.4 Å². The predicted octanol–water partition coefficient (Wildman–Crippen LogP) is 1.76. The van der Waals surface area contributed by atoms with Gasteiger partial charge in [0.2, 0.25) is 11.8 Å². The molecule has 216 valence electrons. The van der Waals surface area contributed by atoms with Crippen LogP contribution in [0, 0.1) is 11.3 Å². The minimum Gasteiger partial charge on any atom is -0.496 e. The number of nitrogens with one attached hydrogen (secondary N) is 4. The number of hydrogen-bond donors (Lipinski definition) is 4. The number of Topliss-reactive ketones (excluding diaryl/α,β-unsaturated/α-hetero) is 1. The first-order chi connectivity index (χ1) is 18.9. The fraction of sp³-hybridized carbons (Fsp3) is 0.500. The van der Waals surface area contributed by atoms with Crippen LogP contribution in [0.3, 0.4) is 0 Å². The lowest BCUT2D eigenvalue weighted by atomic mass is 9.90. The molecule has 2 heterocycles. The summed E-state index contributed by atoms with van der Waals surface area (Å²) in [5.41, 5.74) is -1.81. The number of carbonyl (C=O) groups excluding carboxylic acids is 5. The lowest BCUT2D eigenvalue weighted by Gasteiger charge is -2.26. The summed E-state index contributed by atoms with van der Waals surface area (Å²) in [6, 6.07) is 5.42. The Hall–Kier alpha value is -4.10. The van der Waals surface area contributed by atoms with Crippen molar-refractivity contribution < 1.29 is 46.6 Å². The zero-order chi connectivity index (χ0) is 29.1. The molecule has 2 fully saturated rings. The quantitative estimate of drug-likeness (QED) is 0.302. The summed E-state index contributed by atoms with van der Waals surface area (Å²) < 4.78 is 49.5. The number of esters is 1. The number of benzene rings is 1. The standard InChI is InChI=1S/C26H29F3N4O7/c1-39-20-6-2-5-16-15(20)11-18(32-16)23(37)31-12-21(35)33-17(10-14-4-3-9-30-22(14)36)19(34)13-40-24(38)25(7-8-25)26(27,28)29/h2,5-6,11,14,17,32H,3-4,7-10,12-13H2,1H3,(H,30,36)(H,31,37)(H,33,35)/t14-,17-/m0/s1. The molecule has 3 amide bonds. The van der Waals surface area contributed by atoms with E-state index in [1.807, 2.05) is 0 Å². The summed E-state index contributed by atoms with van der Waals surface area (Å²) >= 11 is 0. The van der Waals surface area contributed by atoms with Crippen LogP contribution in [0.4, 0.5) is 13.2 Å². The molecule has 1 saturated carbocycles. The predicted molar refractivity (Wildman–Crippen MR) is 133 cm³/mol. The number of aromatic nitrogens is 1. The average molecular weight is 567 g/mol. The van der Waals surface area contributed by atoms with Gasteiger partial charge in [-0.05, 0) is 50.3 Å². The van der Waals surface area contributed by atoms with Crippen molar-refractivity contribution >= 4 is 40.4 Å². The monoisotopic (exact) mass is 566 g/mol. The number of ketones is 1. The molecule has 40 heavy (non-hydrogen) atoms. The lowest BCUT2D eigenvalue weighted by Crippen LogP contribution is -2.49. The molecule has 1 aromatic heterocycles. The first-order valence-corrected chi connectivity index (χ1v) is 12.7. The number of aromatic amines is 1. The van der Waals surface area contributed by atoms with Gasteiger partial charge in [0.1, 0.15) is 11.4 Å². The number of piperidine rings is 1. The maximum Gasteiger partial charge on any atom is 0.404 e. The van der Waals surface area contributed by atoms with Crippen molar-refractivity contribution in [2.24, 2.45) is 11.3 Å². The first-order valence-electron chi connectivity index (χ1n) is 12.7. The summed E-state index contributed by atoms with van der Waals surface area (Å²) in [6.07, 6.45) is -4.71. The van der Waals surface area contributed by atoms with Gasteiger partial charge in [-0.2, -0.15) is 13.2 Å². The summed E-state index contributed by atoms with van der Waals surface area (Å²) in [6.45, 7) is -1.08. The molecule has 1 aliphatic carbocycles. The Balaban J connectivity index is 1.37. The molecular weight excluding hydrogens is 537 g/mol. The Labute approximate surface area is 226 Å². The van der Waals surface area contributed by atoms with Crippen molar-refractivity contribution in [3.8, 4) is 5.75 Å². The minimum atomic E-state index is -4.80. The molecule has 0 bridgehead atoms. The number of methoxy groups -OCH3 is 1.